The number of nitrogens with zero attached hydrogens (tertiary/aromatic N) is 1. The SMILES string of the molecule is CC1(C)O[C@@H]2[C@H](O1)[C@@H](COC(=O)c1ccccc1)O[C@H]2n1ccc(=O)[nH]c1=O. The lowest BCUT2D eigenvalue weighted by molar-refractivity contribution is -0.200. The van der Waals surface area contributed by atoms with Crippen LogP contribution in [-0.2, 0) is 18.9 Å². The molecule has 0 spiro atoms. The summed E-state index contributed by atoms with van der Waals surface area (Å²) in [5.41, 5.74) is -0.700. The molecule has 4 atom stereocenters. The Bertz CT molecular complexity index is 982. The summed E-state index contributed by atoms with van der Waals surface area (Å²) < 4.78 is 24.4. The number of esters is 1. The summed E-state index contributed by atoms with van der Waals surface area (Å²) in [6.07, 6.45) is -1.25. The molecule has 0 saturated carbocycles. The smallest absolute Gasteiger partial charge is 0.338 e. The zero-order chi connectivity index (χ0) is 19.9. The molecule has 1 aromatic heterocycles. The van der Waals surface area contributed by atoms with Gasteiger partial charge >= 0.3 is 11.7 Å². The summed E-state index contributed by atoms with van der Waals surface area (Å²) >= 11 is 0. The summed E-state index contributed by atoms with van der Waals surface area (Å²) in [5.74, 6) is -1.37. The van der Waals surface area contributed by atoms with Gasteiger partial charge in [0, 0.05) is 12.3 Å². The van der Waals surface area contributed by atoms with Crippen LogP contribution < -0.4 is 11.2 Å². The first-order chi connectivity index (χ1) is 13.3. The van der Waals surface area contributed by atoms with Crippen LogP contribution >= 0.6 is 0 Å². The number of carbonyl (C=O) groups excluding carboxylic acids is 1. The standard InChI is InChI=1S/C19H20N2O7/c1-19(2)27-14-12(10-25-17(23)11-6-4-3-5-7-11)26-16(15(14)28-19)21-9-8-13(22)20-18(21)24/h3-9,12,14-16H,10H2,1-2H3,(H,20,22,24)/t12-,14-,15-,16-/m1/s1. The van der Waals surface area contributed by atoms with Gasteiger partial charge in [0.1, 0.15) is 24.9 Å². The van der Waals surface area contributed by atoms with E-state index in [4.69, 9.17) is 18.9 Å². The third kappa shape index (κ3) is 3.51. The van der Waals surface area contributed by atoms with E-state index in [9.17, 15) is 14.4 Å². The van der Waals surface area contributed by atoms with Gasteiger partial charge < -0.3 is 18.9 Å². The minimum atomic E-state index is -0.884. The van der Waals surface area contributed by atoms with Gasteiger partial charge in [-0.3, -0.25) is 14.3 Å². The fourth-order valence-electron chi connectivity index (χ4n) is 3.46. The maximum absolute atomic E-state index is 12.2. The number of nitrogens with one attached hydrogen (secondary N) is 1. The summed E-state index contributed by atoms with van der Waals surface area (Å²) in [5, 5.41) is 0. The molecule has 2 aromatic rings. The van der Waals surface area contributed by atoms with E-state index in [1.807, 2.05) is 0 Å². The van der Waals surface area contributed by atoms with E-state index >= 15 is 0 Å². The van der Waals surface area contributed by atoms with Crippen molar-refractivity contribution in [3.05, 3.63) is 69.0 Å². The van der Waals surface area contributed by atoms with Crippen LogP contribution in [0.3, 0.4) is 0 Å². The number of rotatable bonds is 4. The van der Waals surface area contributed by atoms with E-state index in [-0.39, 0.29) is 6.61 Å². The molecule has 148 valence electrons. The molecule has 2 aliphatic rings. The molecular formula is C19H20N2O7. The van der Waals surface area contributed by atoms with Crippen molar-refractivity contribution in [1.82, 2.24) is 9.55 Å². The second-order valence-electron chi connectivity index (χ2n) is 7.11. The first kappa shape index (κ1) is 18.6. The van der Waals surface area contributed by atoms with E-state index in [1.54, 1.807) is 44.2 Å². The topological polar surface area (TPSA) is 109 Å². The highest BCUT2D eigenvalue weighted by molar-refractivity contribution is 5.89. The van der Waals surface area contributed by atoms with Crippen molar-refractivity contribution in [2.45, 2.75) is 44.2 Å². The normalized spacial score (nSPS) is 28.1. The number of hydrogen-bond donors (Lipinski definition) is 1. The van der Waals surface area contributed by atoms with E-state index in [2.05, 4.69) is 4.98 Å². The van der Waals surface area contributed by atoms with Crippen LogP contribution in [0.2, 0.25) is 0 Å². The predicted molar refractivity (Wildman–Crippen MR) is 95.8 cm³/mol. The lowest BCUT2D eigenvalue weighted by Gasteiger charge is -2.24. The quantitative estimate of drug-likeness (QED) is 0.772. The third-order valence-corrected chi connectivity index (χ3v) is 4.64. The van der Waals surface area contributed by atoms with Crippen molar-refractivity contribution in [2.24, 2.45) is 0 Å². The van der Waals surface area contributed by atoms with Crippen molar-refractivity contribution in [3.8, 4) is 0 Å². The van der Waals surface area contributed by atoms with Crippen LogP contribution in [0.4, 0.5) is 0 Å². The van der Waals surface area contributed by atoms with Crippen LogP contribution in [0.1, 0.15) is 30.4 Å². The van der Waals surface area contributed by atoms with Gasteiger partial charge in [-0.05, 0) is 26.0 Å². The first-order valence-electron chi connectivity index (χ1n) is 8.89. The van der Waals surface area contributed by atoms with Crippen molar-refractivity contribution >= 4 is 5.97 Å². The molecule has 0 unspecified atom stereocenters. The third-order valence-electron chi connectivity index (χ3n) is 4.64. The zero-order valence-electron chi connectivity index (χ0n) is 15.4. The van der Waals surface area contributed by atoms with Crippen molar-refractivity contribution in [1.29, 1.82) is 0 Å². The number of hydrogen-bond acceptors (Lipinski definition) is 7. The second kappa shape index (κ2) is 7.01. The molecule has 9 nitrogen and oxygen atoms in total. The number of benzene rings is 1. The summed E-state index contributed by atoms with van der Waals surface area (Å²) in [7, 11) is 0. The molecule has 0 aliphatic carbocycles. The van der Waals surface area contributed by atoms with Crippen LogP contribution in [0, 0.1) is 0 Å². The van der Waals surface area contributed by atoms with Crippen LogP contribution in [0.25, 0.3) is 0 Å². The lowest BCUT2D eigenvalue weighted by atomic mass is 10.1. The molecule has 2 fully saturated rings. The maximum atomic E-state index is 12.2. The number of ether oxygens (including phenoxy) is 4. The highest BCUT2D eigenvalue weighted by Gasteiger charge is 2.56. The van der Waals surface area contributed by atoms with E-state index in [0.717, 1.165) is 0 Å². The van der Waals surface area contributed by atoms with Crippen molar-refractivity contribution in [2.75, 3.05) is 6.61 Å². The summed E-state index contributed by atoms with van der Waals surface area (Å²) in [6, 6.07) is 9.83. The van der Waals surface area contributed by atoms with E-state index in [1.165, 1.54) is 16.8 Å². The Morgan fingerprint density at radius 1 is 1.14 bits per heavy atom. The monoisotopic (exact) mass is 388 g/mol. The number of H-pyrrole nitrogens is 1. The number of aromatic amines is 1. The average molecular weight is 388 g/mol. The Kier molecular flexibility index (Phi) is 4.66. The molecule has 3 heterocycles. The van der Waals surface area contributed by atoms with Gasteiger partial charge in [-0.2, -0.15) is 0 Å². The molecule has 28 heavy (non-hydrogen) atoms. The maximum Gasteiger partial charge on any atom is 0.338 e. The van der Waals surface area contributed by atoms with Crippen LogP contribution in [0.15, 0.2) is 52.2 Å². The Morgan fingerprint density at radius 2 is 1.86 bits per heavy atom. The molecule has 2 aliphatic heterocycles. The fraction of sp³-hybridized carbons (Fsp3) is 0.421. The number of fused-ring (bicyclic) bond motifs is 1. The van der Waals surface area contributed by atoms with Crippen molar-refractivity contribution < 1.29 is 23.7 Å². The summed E-state index contributed by atoms with van der Waals surface area (Å²) in [6.45, 7) is 3.44. The largest absolute Gasteiger partial charge is 0.459 e. The molecule has 4 rings (SSSR count). The molecule has 0 amide bonds. The fourth-order valence-corrected chi connectivity index (χ4v) is 3.46. The Balaban J connectivity index is 1.54. The highest BCUT2D eigenvalue weighted by Crippen LogP contribution is 2.42. The molecule has 0 radical (unpaired) electrons. The minimum absolute atomic E-state index is 0.0665. The lowest BCUT2D eigenvalue weighted by Crippen LogP contribution is -2.37. The molecular weight excluding hydrogens is 368 g/mol. The molecule has 1 aromatic carbocycles. The van der Waals surface area contributed by atoms with Gasteiger partial charge in [0.15, 0.2) is 12.0 Å². The van der Waals surface area contributed by atoms with Gasteiger partial charge in [0.25, 0.3) is 5.56 Å². The molecule has 9 heteroatoms. The first-order valence-corrected chi connectivity index (χ1v) is 8.89. The van der Waals surface area contributed by atoms with Gasteiger partial charge in [-0.25, -0.2) is 9.59 Å². The van der Waals surface area contributed by atoms with E-state index < -0.39 is 47.5 Å². The molecule has 1 N–H and O–H groups in total. The number of carbonyl (C=O) groups is 1. The molecule has 2 saturated heterocycles. The Morgan fingerprint density at radius 3 is 2.57 bits per heavy atom. The van der Waals surface area contributed by atoms with Crippen LogP contribution in [-0.4, -0.2) is 46.2 Å². The predicted octanol–water partition coefficient (Wildman–Crippen LogP) is 0.811. The summed E-state index contributed by atoms with van der Waals surface area (Å²) in [4.78, 5) is 37.9. The minimum Gasteiger partial charge on any atom is -0.459 e. The van der Waals surface area contributed by atoms with Crippen molar-refractivity contribution in [3.63, 3.8) is 0 Å². The van der Waals surface area contributed by atoms with Crippen LogP contribution in [0.5, 0.6) is 0 Å². The number of aromatic nitrogens is 2. The molecule has 0 bridgehead atoms. The highest BCUT2D eigenvalue weighted by atomic mass is 16.8. The Labute approximate surface area is 159 Å². The Hall–Kier alpha value is -2.75. The average Bonchev–Trinajstić information content (AvgIpc) is 3.14. The van der Waals surface area contributed by atoms with Gasteiger partial charge in [0.2, 0.25) is 0 Å². The van der Waals surface area contributed by atoms with Gasteiger partial charge in [0.05, 0.1) is 5.56 Å². The second-order valence-corrected chi connectivity index (χ2v) is 7.11. The van der Waals surface area contributed by atoms with Gasteiger partial charge in [-0.15, -0.1) is 0 Å². The zero-order valence-corrected chi connectivity index (χ0v) is 15.4. The van der Waals surface area contributed by atoms with E-state index in [0.29, 0.717) is 5.56 Å². The van der Waals surface area contributed by atoms with Gasteiger partial charge in [-0.1, -0.05) is 18.2 Å².